The van der Waals surface area contributed by atoms with Crippen LogP contribution in [-0.4, -0.2) is 20.7 Å². The zero-order chi connectivity index (χ0) is 17.4. The predicted molar refractivity (Wildman–Crippen MR) is 95.3 cm³/mol. The number of nitrogens with one attached hydrogen (secondary N) is 1. The molecule has 1 aromatic carbocycles. The van der Waals surface area contributed by atoms with Crippen molar-refractivity contribution in [3.8, 4) is 0 Å². The molecule has 1 N–H and O–H groups in total. The Kier molecular flexibility index (Phi) is 4.28. The highest BCUT2D eigenvalue weighted by Crippen LogP contribution is 2.25. The van der Waals surface area contributed by atoms with Gasteiger partial charge in [0.2, 0.25) is 0 Å². The molecule has 3 aromatic rings. The number of hydrogen-bond acceptors (Lipinski definition) is 3. The number of carbonyl (C=O) groups excluding carboxylic acids is 1. The first-order chi connectivity index (χ1) is 11.4. The van der Waals surface area contributed by atoms with E-state index in [2.05, 4.69) is 15.4 Å². The van der Waals surface area contributed by atoms with E-state index in [9.17, 15) is 4.79 Å². The lowest BCUT2D eigenvalue weighted by Crippen LogP contribution is -2.27. The maximum Gasteiger partial charge on any atom is 0.252 e. The van der Waals surface area contributed by atoms with Gasteiger partial charge in [0.05, 0.1) is 22.7 Å². The van der Waals surface area contributed by atoms with Gasteiger partial charge in [-0.05, 0) is 38.5 Å². The Bertz CT molecular complexity index is 932. The summed E-state index contributed by atoms with van der Waals surface area (Å²) in [5, 5.41) is 8.82. The summed E-state index contributed by atoms with van der Waals surface area (Å²) in [6.07, 6.45) is 0. The normalized spacial score (nSPS) is 12.4. The Morgan fingerprint density at radius 2 is 2.00 bits per heavy atom. The number of aromatic nitrogens is 3. The molecule has 0 fully saturated rings. The van der Waals surface area contributed by atoms with Gasteiger partial charge in [-0.25, -0.2) is 4.98 Å². The lowest BCUT2D eigenvalue weighted by atomic mass is 10.1. The molecule has 2 heterocycles. The van der Waals surface area contributed by atoms with E-state index in [1.54, 1.807) is 10.7 Å². The van der Waals surface area contributed by atoms with Gasteiger partial charge >= 0.3 is 0 Å². The van der Waals surface area contributed by atoms with Gasteiger partial charge in [0.25, 0.3) is 5.91 Å². The molecule has 0 radical (unpaired) electrons. The summed E-state index contributed by atoms with van der Waals surface area (Å²) in [7, 11) is 1.83. The Balaban J connectivity index is 1.99. The Morgan fingerprint density at radius 3 is 2.71 bits per heavy atom. The fraction of sp³-hybridized carbons (Fsp3) is 0.278. The van der Waals surface area contributed by atoms with Crippen LogP contribution in [0.3, 0.4) is 0 Å². The lowest BCUT2D eigenvalue weighted by molar-refractivity contribution is 0.0941. The number of hydrogen-bond donors (Lipinski definition) is 1. The number of pyridine rings is 1. The third-order valence-corrected chi connectivity index (χ3v) is 4.40. The summed E-state index contributed by atoms with van der Waals surface area (Å²) in [6.45, 7) is 5.67. The van der Waals surface area contributed by atoms with Crippen molar-refractivity contribution in [2.24, 2.45) is 7.05 Å². The topological polar surface area (TPSA) is 59.8 Å². The summed E-state index contributed by atoms with van der Waals surface area (Å²) < 4.78 is 1.70. The predicted octanol–water partition coefficient (Wildman–Crippen LogP) is 3.73. The Hall–Kier alpha value is -2.40. The summed E-state index contributed by atoms with van der Waals surface area (Å²) in [6, 6.07) is 9.10. The highest BCUT2D eigenvalue weighted by atomic mass is 35.5. The van der Waals surface area contributed by atoms with Gasteiger partial charge < -0.3 is 5.32 Å². The van der Waals surface area contributed by atoms with Crippen LogP contribution in [0.15, 0.2) is 30.3 Å². The number of amides is 1. The van der Waals surface area contributed by atoms with Crippen LogP contribution in [0.2, 0.25) is 5.02 Å². The van der Waals surface area contributed by atoms with Crippen molar-refractivity contribution < 1.29 is 4.79 Å². The average molecular weight is 343 g/mol. The summed E-state index contributed by atoms with van der Waals surface area (Å²) in [4.78, 5) is 17.3. The third kappa shape index (κ3) is 2.87. The molecule has 2 aromatic heterocycles. The molecule has 1 amide bonds. The van der Waals surface area contributed by atoms with Gasteiger partial charge in [-0.2, -0.15) is 5.10 Å². The smallest absolute Gasteiger partial charge is 0.252 e. The molecule has 0 spiro atoms. The van der Waals surface area contributed by atoms with Crippen LogP contribution in [0.25, 0.3) is 11.0 Å². The number of carbonyl (C=O) groups is 1. The molecule has 124 valence electrons. The molecule has 0 aliphatic heterocycles. The molecule has 0 aliphatic rings. The number of aryl methyl sites for hydroxylation is 3. The van der Waals surface area contributed by atoms with Gasteiger partial charge in [-0.1, -0.05) is 29.8 Å². The van der Waals surface area contributed by atoms with Crippen molar-refractivity contribution in [1.82, 2.24) is 20.1 Å². The molecule has 0 bridgehead atoms. The van der Waals surface area contributed by atoms with Crippen LogP contribution < -0.4 is 5.32 Å². The quantitative estimate of drug-likeness (QED) is 0.789. The molecule has 1 unspecified atom stereocenters. The van der Waals surface area contributed by atoms with Crippen molar-refractivity contribution in [3.05, 3.63) is 57.9 Å². The molecule has 3 rings (SSSR count). The number of benzene rings is 1. The monoisotopic (exact) mass is 342 g/mol. The summed E-state index contributed by atoms with van der Waals surface area (Å²) in [5.41, 5.74) is 3.75. The van der Waals surface area contributed by atoms with E-state index in [-0.39, 0.29) is 11.9 Å². The van der Waals surface area contributed by atoms with Gasteiger partial charge in [-0.15, -0.1) is 0 Å². The fourth-order valence-electron chi connectivity index (χ4n) is 2.93. The number of nitrogens with zero attached hydrogens (tertiary/aromatic N) is 3. The number of rotatable bonds is 3. The zero-order valence-corrected chi connectivity index (χ0v) is 14.8. The second kappa shape index (κ2) is 6.24. The maximum atomic E-state index is 12.8. The van der Waals surface area contributed by atoms with Crippen molar-refractivity contribution in [1.29, 1.82) is 0 Å². The van der Waals surface area contributed by atoms with Crippen LogP contribution in [0.4, 0.5) is 0 Å². The largest absolute Gasteiger partial charge is 0.345 e. The second-order valence-electron chi connectivity index (χ2n) is 5.94. The van der Waals surface area contributed by atoms with E-state index >= 15 is 0 Å². The highest BCUT2D eigenvalue weighted by molar-refractivity contribution is 6.31. The minimum atomic E-state index is -0.202. The summed E-state index contributed by atoms with van der Waals surface area (Å²) >= 11 is 6.22. The molecule has 0 aliphatic carbocycles. The van der Waals surface area contributed by atoms with E-state index in [1.807, 2.05) is 52.1 Å². The first-order valence-electron chi connectivity index (χ1n) is 7.74. The average Bonchev–Trinajstić information content (AvgIpc) is 2.81. The first kappa shape index (κ1) is 16.5. The van der Waals surface area contributed by atoms with E-state index < -0.39 is 0 Å². The van der Waals surface area contributed by atoms with Crippen molar-refractivity contribution in [2.45, 2.75) is 26.8 Å². The van der Waals surface area contributed by atoms with Gasteiger partial charge in [0.1, 0.15) is 0 Å². The Morgan fingerprint density at radius 1 is 1.29 bits per heavy atom. The van der Waals surface area contributed by atoms with E-state index in [4.69, 9.17) is 11.6 Å². The molecular weight excluding hydrogens is 324 g/mol. The summed E-state index contributed by atoms with van der Waals surface area (Å²) in [5.74, 6) is -0.158. The molecular formula is C18H19ClN4O. The minimum absolute atomic E-state index is 0.158. The maximum absolute atomic E-state index is 12.8. The van der Waals surface area contributed by atoms with Crippen molar-refractivity contribution in [2.75, 3.05) is 0 Å². The standard InChI is InChI=1S/C18H19ClN4O/c1-10-9-14(16-12(3)22-23(4)17(16)20-10)18(24)21-11(2)13-7-5-6-8-15(13)19/h5-9,11H,1-4H3,(H,21,24). The zero-order valence-electron chi connectivity index (χ0n) is 14.1. The molecule has 24 heavy (non-hydrogen) atoms. The van der Waals surface area contributed by atoms with Gasteiger partial charge in [0.15, 0.2) is 5.65 Å². The molecule has 5 nitrogen and oxygen atoms in total. The van der Waals surface area contributed by atoms with E-state index in [1.165, 1.54) is 0 Å². The van der Waals surface area contributed by atoms with Crippen LogP contribution in [0.5, 0.6) is 0 Å². The van der Waals surface area contributed by atoms with E-state index in [0.717, 1.165) is 22.3 Å². The molecule has 1 atom stereocenters. The molecule has 0 saturated carbocycles. The fourth-order valence-corrected chi connectivity index (χ4v) is 3.23. The Labute approximate surface area is 145 Å². The molecule has 0 saturated heterocycles. The van der Waals surface area contributed by atoms with Crippen LogP contribution in [-0.2, 0) is 7.05 Å². The van der Waals surface area contributed by atoms with E-state index in [0.29, 0.717) is 16.2 Å². The minimum Gasteiger partial charge on any atom is -0.345 e. The van der Waals surface area contributed by atoms with Crippen LogP contribution >= 0.6 is 11.6 Å². The molecule has 6 heteroatoms. The lowest BCUT2D eigenvalue weighted by Gasteiger charge is -2.16. The number of fused-ring (bicyclic) bond motifs is 1. The third-order valence-electron chi connectivity index (χ3n) is 4.06. The van der Waals surface area contributed by atoms with Crippen molar-refractivity contribution in [3.63, 3.8) is 0 Å². The second-order valence-corrected chi connectivity index (χ2v) is 6.34. The van der Waals surface area contributed by atoms with Crippen LogP contribution in [0, 0.1) is 13.8 Å². The number of halogens is 1. The van der Waals surface area contributed by atoms with Gasteiger partial charge in [-0.3, -0.25) is 9.48 Å². The SMILES string of the molecule is Cc1cc(C(=O)NC(C)c2ccccc2Cl)c2c(C)nn(C)c2n1. The highest BCUT2D eigenvalue weighted by Gasteiger charge is 2.20. The first-order valence-corrected chi connectivity index (χ1v) is 8.12. The van der Waals surface area contributed by atoms with Crippen LogP contribution in [0.1, 0.15) is 40.3 Å². The van der Waals surface area contributed by atoms with Gasteiger partial charge in [0, 0.05) is 17.8 Å². The van der Waals surface area contributed by atoms with Crippen molar-refractivity contribution >= 4 is 28.5 Å².